The molecule has 0 aliphatic carbocycles. The Morgan fingerprint density at radius 2 is 2.00 bits per heavy atom. The Morgan fingerprint density at radius 1 is 1.28 bits per heavy atom. The molecule has 0 saturated carbocycles. The molecule has 1 aromatic rings. The number of esters is 2. The van der Waals surface area contributed by atoms with Crippen molar-refractivity contribution in [3.63, 3.8) is 0 Å². The Hall–Kier alpha value is -2.30. The first-order valence-corrected chi connectivity index (χ1v) is 5.23. The van der Waals surface area contributed by atoms with E-state index in [4.69, 9.17) is 0 Å². The number of phenols is 1. The van der Waals surface area contributed by atoms with Gasteiger partial charge in [0.2, 0.25) is 0 Å². The lowest BCUT2D eigenvalue weighted by atomic mass is 10.1. The second-order valence-electron chi connectivity index (χ2n) is 3.45. The summed E-state index contributed by atoms with van der Waals surface area (Å²) >= 11 is 0. The first kappa shape index (κ1) is 13.8. The van der Waals surface area contributed by atoms with Crippen LogP contribution >= 0.6 is 0 Å². The van der Waals surface area contributed by atoms with Crippen LogP contribution in [-0.4, -0.2) is 31.3 Å². The van der Waals surface area contributed by atoms with Gasteiger partial charge in [0.05, 0.1) is 26.2 Å². The summed E-state index contributed by atoms with van der Waals surface area (Å²) < 4.78 is 9.04. The molecule has 18 heavy (non-hydrogen) atoms. The van der Waals surface area contributed by atoms with E-state index in [-0.39, 0.29) is 18.1 Å². The molecule has 0 amide bonds. The SMILES string of the molecule is COC(=O)CC=Cc1cc(C(=O)OC)ccc1O. The predicted octanol–water partition coefficient (Wildman–Crippen LogP) is 1.76. The largest absolute Gasteiger partial charge is 0.507 e. The molecule has 0 aliphatic rings. The van der Waals surface area contributed by atoms with E-state index in [0.29, 0.717) is 11.1 Å². The van der Waals surface area contributed by atoms with Crippen LogP contribution in [-0.2, 0) is 14.3 Å². The van der Waals surface area contributed by atoms with E-state index in [0.717, 1.165) is 0 Å². The fourth-order valence-corrected chi connectivity index (χ4v) is 1.30. The lowest BCUT2D eigenvalue weighted by molar-refractivity contribution is -0.139. The zero-order valence-electron chi connectivity index (χ0n) is 10.2. The van der Waals surface area contributed by atoms with Crippen molar-refractivity contribution in [2.75, 3.05) is 14.2 Å². The fraction of sp³-hybridized carbons (Fsp3) is 0.231. The third-order valence-electron chi connectivity index (χ3n) is 2.26. The Balaban J connectivity index is 2.87. The molecule has 0 fully saturated rings. The van der Waals surface area contributed by atoms with Gasteiger partial charge in [0.1, 0.15) is 5.75 Å². The van der Waals surface area contributed by atoms with Crippen molar-refractivity contribution in [3.8, 4) is 5.75 Å². The van der Waals surface area contributed by atoms with Crippen LogP contribution in [0, 0.1) is 0 Å². The Bertz CT molecular complexity index is 476. The molecule has 1 rings (SSSR count). The fourth-order valence-electron chi connectivity index (χ4n) is 1.30. The second kappa shape index (κ2) is 6.44. The Morgan fingerprint density at radius 3 is 2.61 bits per heavy atom. The molecular formula is C13H14O5. The van der Waals surface area contributed by atoms with Gasteiger partial charge in [-0.2, -0.15) is 0 Å². The second-order valence-corrected chi connectivity index (χ2v) is 3.45. The number of rotatable bonds is 4. The van der Waals surface area contributed by atoms with Gasteiger partial charge in [0, 0.05) is 5.56 Å². The van der Waals surface area contributed by atoms with Crippen molar-refractivity contribution in [1.82, 2.24) is 0 Å². The first-order valence-electron chi connectivity index (χ1n) is 5.23. The van der Waals surface area contributed by atoms with Crippen molar-refractivity contribution < 1.29 is 24.2 Å². The number of ether oxygens (including phenoxy) is 2. The molecule has 1 N–H and O–H groups in total. The maximum atomic E-state index is 11.3. The van der Waals surface area contributed by atoms with Crippen LogP contribution in [0.2, 0.25) is 0 Å². The van der Waals surface area contributed by atoms with Crippen molar-refractivity contribution in [2.24, 2.45) is 0 Å². The molecule has 0 aliphatic heterocycles. The molecule has 0 unspecified atom stereocenters. The summed E-state index contributed by atoms with van der Waals surface area (Å²) in [5.41, 5.74) is 0.759. The van der Waals surface area contributed by atoms with Gasteiger partial charge in [-0.25, -0.2) is 4.79 Å². The first-order chi connectivity index (χ1) is 8.58. The average molecular weight is 250 g/mol. The molecule has 0 bridgehead atoms. The van der Waals surface area contributed by atoms with Gasteiger partial charge in [-0.15, -0.1) is 0 Å². The number of hydrogen-bond donors (Lipinski definition) is 1. The number of aromatic hydroxyl groups is 1. The molecule has 0 spiro atoms. The van der Waals surface area contributed by atoms with Crippen molar-refractivity contribution in [1.29, 1.82) is 0 Å². The number of phenolic OH excluding ortho intramolecular Hbond substituents is 1. The molecule has 96 valence electrons. The summed E-state index contributed by atoms with van der Waals surface area (Å²) in [6.07, 6.45) is 3.18. The molecule has 0 radical (unpaired) electrons. The Kier molecular flexibility index (Phi) is 4.92. The standard InChI is InChI=1S/C13H14O5/c1-17-12(15)5-3-4-9-8-10(13(16)18-2)6-7-11(9)14/h3-4,6-8,14H,5H2,1-2H3. The summed E-state index contributed by atoms with van der Waals surface area (Å²) in [5, 5.41) is 9.59. The summed E-state index contributed by atoms with van der Waals surface area (Å²) in [5.74, 6) is -0.851. The van der Waals surface area contributed by atoms with Crippen LogP contribution in [0.15, 0.2) is 24.3 Å². The maximum absolute atomic E-state index is 11.3. The van der Waals surface area contributed by atoms with Crippen LogP contribution in [0.25, 0.3) is 6.08 Å². The molecule has 5 heteroatoms. The highest BCUT2D eigenvalue weighted by atomic mass is 16.5. The van der Waals surface area contributed by atoms with E-state index in [1.54, 1.807) is 12.2 Å². The zero-order chi connectivity index (χ0) is 13.5. The van der Waals surface area contributed by atoms with Crippen molar-refractivity contribution in [2.45, 2.75) is 6.42 Å². The lowest BCUT2D eigenvalue weighted by Gasteiger charge is -2.03. The molecule has 0 aromatic heterocycles. The molecule has 0 saturated heterocycles. The minimum atomic E-state index is -0.488. The van der Waals surface area contributed by atoms with Crippen molar-refractivity contribution in [3.05, 3.63) is 35.4 Å². The minimum Gasteiger partial charge on any atom is -0.507 e. The maximum Gasteiger partial charge on any atom is 0.337 e. The minimum absolute atomic E-state index is 0.0174. The van der Waals surface area contributed by atoms with Gasteiger partial charge < -0.3 is 14.6 Å². The van der Waals surface area contributed by atoms with E-state index in [1.807, 2.05) is 0 Å². The normalized spacial score (nSPS) is 10.3. The highest BCUT2D eigenvalue weighted by Crippen LogP contribution is 2.20. The highest BCUT2D eigenvalue weighted by Gasteiger charge is 2.07. The molecule has 1 aromatic carbocycles. The summed E-state index contributed by atoms with van der Waals surface area (Å²) in [7, 11) is 2.58. The van der Waals surface area contributed by atoms with E-state index in [9.17, 15) is 14.7 Å². The van der Waals surface area contributed by atoms with Gasteiger partial charge in [-0.3, -0.25) is 4.79 Å². The van der Waals surface area contributed by atoms with Gasteiger partial charge in [-0.05, 0) is 18.2 Å². The van der Waals surface area contributed by atoms with Gasteiger partial charge in [0.25, 0.3) is 0 Å². The number of carbonyl (C=O) groups is 2. The highest BCUT2D eigenvalue weighted by molar-refractivity contribution is 5.90. The molecule has 0 heterocycles. The lowest BCUT2D eigenvalue weighted by Crippen LogP contribution is -2.01. The van der Waals surface area contributed by atoms with Crippen LogP contribution in [0.1, 0.15) is 22.3 Å². The third-order valence-corrected chi connectivity index (χ3v) is 2.26. The zero-order valence-corrected chi connectivity index (χ0v) is 10.2. The van der Waals surface area contributed by atoms with Gasteiger partial charge in [0.15, 0.2) is 0 Å². The number of methoxy groups -OCH3 is 2. The average Bonchev–Trinajstić information content (AvgIpc) is 2.39. The van der Waals surface area contributed by atoms with E-state index >= 15 is 0 Å². The van der Waals surface area contributed by atoms with Gasteiger partial charge in [-0.1, -0.05) is 12.2 Å². The van der Waals surface area contributed by atoms with E-state index in [2.05, 4.69) is 9.47 Å². The van der Waals surface area contributed by atoms with Crippen LogP contribution in [0.3, 0.4) is 0 Å². The summed E-state index contributed by atoms with van der Waals surface area (Å²) in [4.78, 5) is 22.2. The van der Waals surface area contributed by atoms with Crippen molar-refractivity contribution >= 4 is 18.0 Å². The number of benzene rings is 1. The predicted molar refractivity (Wildman–Crippen MR) is 65.1 cm³/mol. The third kappa shape index (κ3) is 3.62. The number of hydrogen-bond acceptors (Lipinski definition) is 5. The van der Waals surface area contributed by atoms with Crippen LogP contribution in [0.5, 0.6) is 5.75 Å². The van der Waals surface area contributed by atoms with Gasteiger partial charge >= 0.3 is 11.9 Å². The summed E-state index contributed by atoms with van der Waals surface area (Å²) in [6.45, 7) is 0. The topological polar surface area (TPSA) is 72.8 Å². The van der Waals surface area contributed by atoms with Crippen LogP contribution < -0.4 is 0 Å². The van der Waals surface area contributed by atoms with E-state index < -0.39 is 5.97 Å². The molecular weight excluding hydrogens is 236 g/mol. The molecule has 5 nitrogen and oxygen atoms in total. The molecule has 0 atom stereocenters. The monoisotopic (exact) mass is 250 g/mol. The van der Waals surface area contributed by atoms with Crippen LogP contribution in [0.4, 0.5) is 0 Å². The quantitative estimate of drug-likeness (QED) is 0.824. The smallest absolute Gasteiger partial charge is 0.337 e. The number of carbonyl (C=O) groups excluding carboxylic acids is 2. The van der Waals surface area contributed by atoms with E-state index in [1.165, 1.54) is 32.4 Å². The summed E-state index contributed by atoms with van der Waals surface area (Å²) in [6, 6.07) is 4.33. The Labute approximate surface area is 105 Å².